The highest BCUT2D eigenvalue weighted by Crippen LogP contribution is 2.24. The molecule has 1 aliphatic rings. The molecule has 1 N–H and O–H groups in total. The van der Waals surface area contributed by atoms with Crippen LogP contribution in [0.2, 0.25) is 5.02 Å². The summed E-state index contributed by atoms with van der Waals surface area (Å²) in [5, 5.41) is 4.05. The van der Waals surface area contributed by atoms with Gasteiger partial charge in [-0.05, 0) is 44.0 Å². The van der Waals surface area contributed by atoms with Crippen LogP contribution in [-0.2, 0) is 9.53 Å². The van der Waals surface area contributed by atoms with Crippen molar-refractivity contribution in [2.75, 3.05) is 0 Å². The fourth-order valence-corrected chi connectivity index (χ4v) is 2.11. The minimum absolute atomic E-state index is 0.0540. The van der Waals surface area contributed by atoms with Crippen LogP contribution in [0.3, 0.4) is 0 Å². The number of benzene rings is 1. The zero-order valence-electron chi connectivity index (χ0n) is 11.4. The fraction of sp³-hybridized carbons (Fsp3) is 0.333. The van der Waals surface area contributed by atoms with E-state index < -0.39 is 12.1 Å². The van der Waals surface area contributed by atoms with E-state index in [1.807, 2.05) is 0 Å². The first-order chi connectivity index (χ1) is 10.0. The van der Waals surface area contributed by atoms with Crippen LogP contribution in [0.1, 0.15) is 30.3 Å². The molecule has 1 aliphatic carbocycles. The van der Waals surface area contributed by atoms with Crippen LogP contribution >= 0.6 is 11.6 Å². The van der Waals surface area contributed by atoms with Gasteiger partial charge in [0.15, 0.2) is 6.10 Å². The Hall–Kier alpha value is -2.01. The number of ether oxygens (including phenoxy) is 1. The highest BCUT2D eigenvalue weighted by Gasteiger charge is 2.28. The standard InChI is InChI=1S/C15H14ClNO4/c1-8(14(18)17-11-3-4-11)20-15(19)13-7-9-6-10(16)2-5-12(9)21-13/h2,5-8,11H,3-4H2,1H3,(H,17,18)/t8-/m0/s1. The molecule has 1 fully saturated rings. The largest absolute Gasteiger partial charge is 0.449 e. The van der Waals surface area contributed by atoms with E-state index in [4.69, 9.17) is 20.8 Å². The second-order valence-electron chi connectivity index (χ2n) is 5.12. The maximum absolute atomic E-state index is 12.0. The number of hydrogen-bond donors (Lipinski definition) is 1. The molecule has 6 heteroatoms. The highest BCUT2D eigenvalue weighted by atomic mass is 35.5. The third-order valence-electron chi connectivity index (χ3n) is 3.26. The lowest BCUT2D eigenvalue weighted by Gasteiger charge is -2.11. The summed E-state index contributed by atoms with van der Waals surface area (Å²) in [5.74, 6) is -0.899. The molecular weight excluding hydrogens is 294 g/mol. The summed E-state index contributed by atoms with van der Waals surface area (Å²) in [6.45, 7) is 1.54. The second-order valence-corrected chi connectivity index (χ2v) is 5.56. The molecule has 1 aromatic heterocycles. The van der Waals surface area contributed by atoms with Crippen molar-refractivity contribution < 1.29 is 18.7 Å². The van der Waals surface area contributed by atoms with E-state index >= 15 is 0 Å². The summed E-state index contributed by atoms with van der Waals surface area (Å²) in [7, 11) is 0. The summed E-state index contributed by atoms with van der Waals surface area (Å²) >= 11 is 5.88. The van der Waals surface area contributed by atoms with E-state index in [1.54, 1.807) is 24.3 Å². The topological polar surface area (TPSA) is 68.5 Å². The SMILES string of the molecule is C[C@H](OC(=O)c1cc2cc(Cl)ccc2o1)C(=O)NC1CC1. The predicted molar refractivity (Wildman–Crippen MR) is 77.3 cm³/mol. The van der Waals surface area contributed by atoms with Crippen molar-refractivity contribution in [3.8, 4) is 0 Å². The van der Waals surface area contributed by atoms with Gasteiger partial charge in [0.05, 0.1) is 0 Å². The quantitative estimate of drug-likeness (QED) is 0.882. The number of nitrogens with one attached hydrogen (secondary N) is 1. The number of amides is 1. The molecule has 0 aliphatic heterocycles. The Kier molecular flexibility index (Phi) is 3.59. The van der Waals surface area contributed by atoms with Crippen molar-refractivity contribution in [1.82, 2.24) is 5.32 Å². The molecule has 21 heavy (non-hydrogen) atoms. The second kappa shape index (κ2) is 5.41. The Morgan fingerprint density at radius 1 is 1.38 bits per heavy atom. The highest BCUT2D eigenvalue weighted by molar-refractivity contribution is 6.31. The molecule has 3 rings (SSSR count). The number of furan rings is 1. The molecule has 1 amide bonds. The lowest BCUT2D eigenvalue weighted by Crippen LogP contribution is -2.37. The number of carbonyl (C=O) groups excluding carboxylic acids is 2. The van der Waals surface area contributed by atoms with E-state index in [2.05, 4.69) is 5.32 Å². The number of halogens is 1. The van der Waals surface area contributed by atoms with Crippen LogP contribution < -0.4 is 5.32 Å². The van der Waals surface area contributed by atoms with Crippen molar-refractivity contribution in [2.45, 2.75) is 31.9 Å². The summed E-state index contributed by atoms with van der Waals surface area (Å²) in [4.78, 5) is 23.7. The van der Waals surface area contributed by atoms with Gasteiger partial charge in [0, 0.05) is 16.5 Å². The van der Waals surface area contributed by atoms with Crippen LogP contribution in [0.15, 0.2) is 28.7 Å². The Morgan fingerprint density at radius 2 is 2.14 bits per heavy atom. The van der Waals surface area contributed by atoms with Crippen molar-refractivity contribution in [1.29, 1.82) is 0 Å². The molecule has 2 aromatic rings. The fourth-order valence-electron chi connectivity index (χ4n) is 1.93. The van der Waals surface area contributed by atoms with E-state index in [0.29, 0.717) is 16.0 Å². The summed E-state index contributed by atoms with van der Waals surface area (Å²) in [5.41, 5.74) is 0.543. The molecule has 0 unspecified atom stereocenters. The smallest absolute Gasteiger partial charge is 0.375 e. The van der Waals surface area contributed by atoms with Crippen LogP contribution in [0, 0.1) is 0 Å². The zero-order valence-corrected chi connectivity index (χ0v) is 12.1. The van der Waals surface area contributed by atoms with Crippen molar-refractivity contribution in [3.63, 3.8) is 0 Å². The van der Waals surface area contributed by atoms with Gasteiger partial charge in [-0.25, -0.2) is 4.79 Å². The third kappa shape index (κ3) is 3.19. The third-order valence-corrected chi connectivity index (χ3v) is 3.49. The van der Waals surface area contributed by atoms with Crippen molar-refractivity contribution in [3.05, 3.63) is 35.0 Å². The normalized spacial score (nSPS) is 15.7. The van der Waals surface area contributed by atoms with Gasteiger partial charge in [-0.1, -0.05) is 11.6 Å². The first kappa shape index (κ1) is 13.9. The Balaban J connectivity index is 1.69. The van der Waals surface area contributed by atoms with Gasteiger partial charge in [-0.15, -0.1) is 0 Å². The zero-order chi connectivity index (χ0) is 15.0. The van der Waals surface area contributed by atoms with E-state index in [-0.39, 0.29) is 17.7 Å². The number of esters is 1. The Bertz CT molecular complexity index is 705. The molecule has 1 aromatic carbocycles. The average molecular weight is 308 g/mol. The molecule has 110 valence electrons. The molecule has 1 saturated carbocycles. The molecule has 0 spiro atoms. The molecule has 1 heterocycles. The van der Waals surface area contributed by atoms with Gasteiger partial charge in [0.25, 0.3) is 5.91 Å². The molecule has 0 radical (unpaired) electrons. The summed E-state index contributed by atoms with van der Waals surface area (Å²) in [6, 6.07) is 6.83. The first-order valence-corrected chi connectivity index (χ1v) is 7.11. The molecular formula is C15H14ClNO4. The number of hydrogen-bond acceptors (Lipinski definition) is 4. The van der Waals surface area contributed by atoms with Gasteiger partial charge in [-0.3, -0.25) is 4.79 Å². The van der Waals surface area contributed by atoms with Crippen LogP contribution in [0.4, 0.5) is 0 Å². The van der Waals surface area contributed by atoms with E-state index in [0.717, 1.165) is 12.8 Å². The van der Waals surface area contributed by atoms with Crippen molar-refractivity contribution in [2.24, 2.45) is 0 Å². The lowest BCUT2D eigenvalue weighted by atomic mass is 10.2. The molecule has 0 bridgehead atoms. The van der Waals surface area contributed by atoms with Gasteiger partial charge in [0.1, 0.15) is 5.58 Å². The minimum Gasteiger partial charge on any atom is -0.449 e. The predicted octanol–water partition coefficient (Wildman–Crippen LogP) is 2.91. The molecule has 0 saturated heterocycles. The van der Waals surface area contributed by atoms with Crippen LogP contribution in [-0.4, -0.2) is 24.0 Å². The van der Waals surface area contributed by atoms with Gasteiger partial charge in [0.2, 0.25) is 5.76 Å². The van der Waals surface area contributed by atoms with Crippen LogP contribution in [0.5, 0.6) is 0 Å². The maximum atomic E-state index is 12.0. The van der Waals surface area contributed by atoms with Gasteiger partial charge < -0.3 is 14.5 Å². The molecule has 1 atom stereocenters. The number of fused-ring (bicyclic) bond motifs is 1. The average Bonchev–Trinajstić information content (AvgIpc) is 3.14. The van der Waals surface area contributed by atoms with Gasteiger partial charge >= 0.3 is 5.97 Å². The van der Waals surface area contributed by atoms with Crippen LogP contribution in [0.25, 0.3) is 11.0 Å². The monoisotopic (exact) mass is 307 g/mol. The molecule has 5 nitrogen and oxygen atoms in total. The van der Waals surface area contributed by atoms with Crippen molar-refractivity contribution >= 4 is 34.4 Å². The number of carbonyl (C=O) groups is 2. The Labute approximate surface area is 126 Å². The van der Waals surface area contributed by atoms with Gasteiger partial charge in [-0.2, -0.15) is 0 Å². The summed E-state index contributed by atoms with van der Waals surface area (Å²) in [6.07, 6.45) is 1.11. The maximum Gasteiger partial charge on any atom is 0.375 e. The number of rotatable bonds is 4. The lowest BCUT2D eigenvalue weighted by molar-refractivity contribution is -0.129. The first-order valence-electron chi connectivity index (χ1n) is 6.73. The minimum atomic E-state index is -0.852. The summed E-state index contributed by atoms with van der Waals surface area (Å²) < 4.78 is 10.5. The van der Waals surface area contributed by atoms with E-state index in [9.17, 15) is 9.59 Å². The Morgan fingerprint density at radius 3 is 2.86 bits per heavy atom. The van der Waals surface area contributed by atoms with E-state index in [1.165, 1.54) is 6.92 Å².